The van der Waals surface area contributed by atoms with E-state index in [0.717, 1.165) is 54.7 Å². The molecule has 0 radical (unpaired) electrons. The lowest BCUT2D eigenvalue weighted by atomic mass is 10.1. The second-order valence-electron chi connectivity index (χ2n) is 8.64. The zero-order chi connectivity index (χ0) is 25.8. The van der Waals surface area contributed by atoms with Gasteiger partial charge in [-0.1, -0.05) is 12.1 Å². The SMILES string of the molecule is O=C(Nc1ccc(C2=NCCC2)cc1)c1ccc(C(=O)Nc2ccc(C3=NCCN3)cc2)c([N+](=O)[O-])c1. The van der Waals surface area contributed by atoms with Crippen LogP contribution < -0.4 is 16.0 Å². The van der Waals surface area contributed by atoms with Crippen molar-refractivity contribution in [2.45, 2.75) is 12.8 Å². The van der Waals surface area contributed by atoms with Gasteiger partial charge in [0, 0.05) is 47.4 Å². The van der Waals surface area contributed by atoms with Gasteiger partial charge >= 0.3 is 0 Å². The minimum absolute atomic E-state index is 0.0710. The van der Waals surface area contributed by atoms with Gasteiger partial charge in [0.05, 0.1) is 11.5 Å². The minimum atomic E-state index is -0.671. The molecule has 3 aromatic carbocycles. The molecule has 10 heteroatoms. The molecule has 0 aliphatic carbocycles. The van der Waals surface area contributed by atoms with Crippen LogP contribution in [0.15, 0.2) is 76.7 Å². The number of amidine groups is 1. The molecule has 2 amide bonds. The summed E-state index contributed by atoms with van der Waals surface area (Å²) in [6, 6.07) is 18.1. The summed E-state index contributed by atoms with van der Waals surface area (Å²) in [7, 11) is 0. The highest BCUT2D eigenvalue weighted by atomic mass is 16.6. The van der Waals surface area contributed by atoms with E-state index >= 15 is 0 Å². The highest BCUT2D eigenvalue weighted by Gasteiger charge is 2.23. The molecule has 3 N–H and O–H groups in total. The molecule has 2 aliphatic rings. The summed E-state index contributed by atoms with van der Waals surface area (Å²) >= 11 is 0. The van der Waals surface area contributed by atoms with Crippen molar-refractivity contribution >= 4 is 40.4 Å². The summed E-state index contributed by atoms with van der Waals surface area (Å²) in [5, 5.41) is 20.3. The summed E-state index contributed by atoms with van der Waals surface area (Å²) < 4.78 is 0. The number of aliphatic imine (C=N–C) groups is 2. The Bertz CT molecular complexity index is 1430. The van der Waals surface area contributed by atoms with Crippen LogP contribution in [0.3, 0.4) is 0 Å². The van der Waals surface area contributed by atoms with Crippen LogP contribution in [0.5, 0.6) is 0 Å². The van der Waals surface area contributed by atoms with Crippen LogP contribution in [0.2, 0.25) is 0 Å². The normalized spacial score (nSPS) is 14.4. The number of anilines is 2. The second-order valence-corrected chi connectivity index (χ2v) is 8.64. The number of nitro benzene ring substituents is 1. The monoisotopic (exact) mass is 496 g/mol. The van der Waals surface area contributed by atoms with Crippen LogP contribution >= 0.6 is 0 Å². The van der Waals surface area contributed by atoms with E-state index in [-0.39, 0.29) is 11.1 Å². The highest BCUT2D eigenvalue weighted by molar-refractivity contribution is 6.10. The summed E-state index contributed by atoms with van der Waals surface area (Å²) in [5.41, 5.74) is 3.46. The van der Waals surface area contributed by atoms with Crippen molar-refractivity contribution in [2.75, 3.05) is 30.3 Å². The van der Waals surface area contributed by atoms with Crippen LogP contribution in [-0.2, 0) is 0 Å². The fourth-order valence-electron chi connectivity index (χ4n) is 4.24. The smallest absolute Gasteiger partial charge is 0.282 e. The van der Waals surface area contributed by atoms with Gasteiger partial charge in [-0.3, -0.25) is 29.7 Å². The third kappa shape index (κ3) is 5.37. The van der Waals surface area contributed by atoms with Crippen molar-refractivity contribution in [3.05, 3.63) is 99.1 Å². The second kappa shape index (κ2) is 10.4. The largest absolute Gasteiger partial charge is 0.368 e. The van der Waals surface area contributed by atoms with Gasteiger partial charge < -0.3 is 16.0 Å². The Morgan fingerprint density at radius 3 is 2.11 bits per heavy atom. The van der Waals surface area contributed by atoms with E-state index in [1.165, 1.54) is 12.1 Å². The van der Waals surface area contributed by atoms with Crippen molar-refractivity contribution in [3.63, 3.8) is 0 Å². The maximum atomic E-state index is 12.8. The van der Waals surface area contributed by atoms with Crippen LogP contribution in [0, 0.1) is 10.1 Å². The predicted molar refractivity (Wildman–Crippen MR) is 142 cm³/mol. The van der Waals surface area contributed by atoms with E-state index in [1.54, 1.807) is 24.3 Å². The van der Waals surface area contributed by atoms with Crippen LogP contribution in [-0.4, -0.2) is 47.9 Å². The first kappa shape index (κ1) is 23.9. The Morgan fingerprint density at radius 2 is 1.51 bits per heavy atom. The Hall–Kier alpha value is -4.86. The van der Waals surface area contributed by atoms with E-state index in [1.807, 2.05) is 24.3 Å². The van der Waals surface area contributed by atoms with Crippen molar-refractivity contribution in [2.24, 2.45) is 9.98 Å². The number of amides is 2. The van der Waals surface area contributed by atoms with Crippen LogP contribution in [0.4, 0.5) is 17.1 Å². The number of rotatable bonds is 7. The van der Waals surface area contributed by atoms with Gasteiger partial charge in [-0.2, -0.15) is 0 Å². The average Bonchev–Trinajstić information content (AvgIpc) is 3.64. The molecule has 2 heterocycles. The third-order valence-corrected chi connectivity index (χ3v) is 6.14. The van der Waals surface area contributed by atoms with Gasteiger partial charge in [0.25, 0.3) is 17.5 Å². The van der Waals surface area contributed by atoms with Gasteiger partial charge in [-0.05, 0) is 66.9 Å². The number of nitro groups is 1. The quantitative estimate of drug-likeness (QED) is 0.335. The molecule has 0 aromatic heterocycles. The first-order chi connectivity index (χ1) is 18.0. The maximum absolute atomic E-state index is 12.8. The van der Waals surface area contributed by atoms with Gasteiger partial charge in [0.2, 0.25) is 0 Å². The third-order valence-electron chi connectivity index (χ3n) is 6.14. The summed E-state index contributed by atoms with van der Waals surface area (Å²) in [5.74, 6) is -0.366. The summed E-state index contributed by atoms with van der Waals surface area (Å²) in [6.45, 7) is 2.34. The summed E-state index contributed by atoms with van der Waals surface area (Å²) in [4.78, 5) is 45.5. The van der Waals surface area contributed by atoms with Gasteiger partial charge in [0.15, 0.2) is 0 Å². The highest BCUT2D eigenvalue weighted by Crippen LogP contribution is 2.23. The van der Waals surface area contributed by atoms with Crippen LogP contribution in [0.25, 0.3) is 0 Å². The number of nitrogens with one attached hydrogen (secondary N) is 3. The van der Waals surface area contributed by atoms with Gasteiger partial charge in [-0.25, -0.2) is 0 Å². The van der Waals surface area contributed by atoms with Gasteiger partial charge in [0.1, 0.15) is 11.4 Å². The first-order valence-corrected chi connectivity index (χ1v) is 11.9. The molecule has 3 aromatic rings. The van der Waals surface area contributed by atoms with Crippen molar-refractivity contribution < 1.29 is 14.5 Å². The molecule has 186 valence electrons. The molecule has 5 rings (SSSR count). The molecular weight excluding hydrogens is 472 g/mol. The standard InChI is InChI=1S/C27H24N6O4/c34-26(31-20-8-3-17(4-9-20)23-2-1-13-28-23)19-7-12-22(24(16-19)33(36)37)27(35)32-21-10-5-18(6-11-21)25-29-14-15-30-25/h3-12,16H,1-2,13-15H2,(H,29,30)(H,31,34)(H,32,35). The first-order valence-electron chi connectivity index (χ1n) is 11.9. The fraction of sp³-hybridized carbons (Fsp3) is 0.185. The lowest BCUT2D eigenvalue weighted by Gasteiger charge is -2.10. The zero-order valence-electron chi connectivity index (χ0n) is 19.9. The number of hydrogen-bond donors (Lipinski definition) is 3. The fourth-order valence-corrected chi connectivity index (χ4v) is 4.24. The molecule has 0 saturated heterocycles. The summed E-state index contributed by atoms with van der Waals surface area (Å²) in [6.07, 6.45) is 1.98. The maximum Gasteiger partial charge on any atom is 0.282 e. The van der Waals surface area contributed by atoms with Gasteiger partial charge in [-0.15, -0.1) is 0 Å². The Balaban J connectivity index is 1.28. The lowest BCUT2D eigenvalue weighted by Crippen LogP contribution is -2.19. The zero-order valence-corrected chi connectivity index (χ0v) is 19.9. The van der Waals surface area contributed by atoms with E-state index in [0.29, 0.717) is 17.9 Å². The molecule has 0 bridgehead atoms. The van der Waals surface area contributed by atoms with E-state index < -0.39 is 22.4 Å². The number of hydrogen-bond acceptors (Lipinski definition) is 7. The molecule has 10 nitrogen and oxygen atoms in total. The Kier molecular flexibility index (Phi) is 6.71. The molecule has 0 saturated carbocycles. The molecule has 0 spiro atoms. The Morgan fingerprint density at radius 1 is 0.838 bits per heavy atom. The predicted octanol–water partition coefficient (Wildman–Crippen LogP) is 4.03. The Labute approximate surface area is 212 Å². The molecule has 0 fully saturated rings. The van der Waals surface area contributed by atoms with Crippen molar-refractivity contribution in [1.82, 2.24) is 5.32 Å². The molecule has 37 heavy (non-hydrogen) atoms. The molecule has 0 atom stereocenters. The molecule has 2 aliphatic heterocycles. The van der Waals surface area contributed by atoms with Crippen molar-refractivity contribution in [1.29, 1.82) is 0 Å². The number of carbonyl (C=O) groups excluding carboxylic acids is 2. The lowest BCUT2D eigenvalue weighted by molar-refractivity contribution is -0.385. The van der Waals surface area contributed by atoms with Crippen molar-refractivity contribution in [3.8, 4) is 0 Å². The van der Waals surface area contributed by atoms with E-state index in [4.69, 9.17) is 0 Å². The average molecular weight is 497 g/mol. The minimum Gasteiger partial charge on any atom is -0.368 e. The van der Waals surface area contributed by atoms with Crippen LogP contribution in [0.1, 0.15) is 44.7 Å². The number of benzene rings is 3. The van der Waals surface area contributed by atoms with E-state index in [2.05, 4.69) is 25.9 Å². The molecular formula is C27H24N6O4. The topological polar surface area (TPSA) is 138 Å². The molecule has 0 unspecified atom stereocenters. The number of carbonyl (C=O) groups is 2. The number of nitrogens with zero attached hydrogens (tertiary/aromatic N) is 3. The van der Waals surface area contributed by atoms with E-state index in [9.17, 15) is 19.7 Å².